The van der Waals surface area contributed by atoms with Crippen LogP contribution in [0.4, 0.5) is 4.39 Å². The van der Waals surface area contributed by atoms with Gasteiger partial charge in [0, 0.05) is 17.2 Å². The SMILES string of the molecule is CS(=O)(=O)NC(=O)c1ccc(COc2cccc(-c3ncc(OCC4CC4)cc3F)c2)cc1. The van der Waals surface area contributed by atoms with Crippen molar-refractivity contribution >= 4 is 15.9 Å². The number of pyridine rings is 1. The van der Waals surface area contributed by atoms with Crippen molar-refractivity contribution in [1.29, 1.82) is 0 Å². The first-order valence-electron chi connectivity index (χ1n) is 10.4. The van der Waals surface area contributed by atoms with Gasteiger partial charge in [-0.15, -0.1) is 0 Å². The second-order valence-electron chi connectivity index (χ2n) is 7.97. The Morgan fingerprint density at radius 1 is 1.09 bits per heavy atom. The first kappa shape index (κ1) is 22.7. The smallest absolute Gasteiger partial charge is 0.264 e. The van der Waals surface area contributed by atoms with Crippen LogP contribution in [0.15, 0.2) is 60.8 Å². The molecule has 0 aliphatic heterocycles. The molecule has 0 atom stereocenters. The zero-order valence-corrected chi connectivity index (χ0v) is 18.8. The third-order valence-corrected chi connectivity index (χ3v) is 5.56. The first-order valence-corrected chi connectivity index (χ1v) is 12.3. The maximum Gasteiger partial charge on any atom is 0.264 e. The summed E-state index contributed by atoms with van der Waals surface area (Å²) in [7, 11) is -3.63. The van der Waals surface area contributed by atoms with Crippen LogP contribution in [0, 0.1) is 11.7 Å². The number of ether oxygens (including phenoxy) is 2. The molecule has 0 spiro atoms. The minimum atomic E-state index is -3.63. The molecule has 1 aromatic heterocycles. The molecule has 33 heavy (non-hydrogen) atoms. The molecule has 2 aromatic carbocycles. The van der Waals surface area contributed by atoms with E-state index >= 15 is 0 Å². The van der Waals surface area contributed by atoms with Gasteiger partial charge in [0.1, 0.15) is 23.8 Å². The van der Waals surface area contributed by atoms with Gasteiger partial charge in [-0.2, -0.15) is 0 Å². The summed E-state index contributed by atoms with van der Waals surface area (Å²) in [6.45, 7) is 0.800. The summed E-state index contributed by atoms with van der Waals surface area (Å²) in [6, 6.07) is 14.7. The highest BCUT2D eigenvalue weighted by atomic mass is 32.2. The number of amides is 1. The molecule has 1 saturated carbocycles. The van der Waals surface area contributed by atoms with Crippen LogP contribution < -0.4 is 14.2 Å². The minimum absolute atomic E-state index is 0.209. The van der Waals surface area contributed by atoms with Crippen molar-refractivity contribution in [2.75, 3.05) is 12.9 Å². The molecule has 1 N–H and O–H groups in total. The summed E-state index contributed by atoms with van der Waals surface area (Å²) >= 11 is 0. The van der Waals surface area contributed by atoms with Gasteiger partial charge >= 0.3 is 0 Å². The van der Waals surface area contributed by atoms with E-state index in [2.05, 4.69) is 4.98 Å². The van der Waals surface area contributed by atoms with Crippen molar-refractivity contribution in [2.24, 2.45) is 5.92 Å². The predicted molar refractivity (Wildman–Crippen MR) is 121 cm³/mol. The Hall–Kier alpha value is -3.46. The van der Waals surface area contributed by atoms with Crippen molar-refractivity contribution in [3.05, 3.63) is 77.7 Å². The van der Waals surface area contributed by atoms with Gasteiger partial charge in [-0.25, -0.2) is 22.5 Å². The standard InChI is InChI=1S/C24H23FN2O5S/c1-33(29,30)27-24(28)18-9-7-17(8-10-18)14-31-20-4-2-3-19(11-20)23-22(25)12-21(13-26-23)32-15-16-5-6-16/h2-4,7-13,16H,5-6,14-15H2,1H3,(H,27,28). The molecule has 0 unspecified atom stereocenters. The highest BCUT2D eigenvalue weighted by Crippen LogP contribution is 2.31. The van der Waals surface area contributed by atoms with E-state index in [1.165, 1.54) is 24.4 Å². The lowest BCUT2D eigenvalue weighted by Gasteiger charge is -2.10. The Kier molecular flexibility index (Phi) is 6.60. The number of rotatable bonds is 9. The summed E-state index contributed by atoms with van der Waals surface area (Å²) in [6.07, 6.45) is 4.75. The Bertz CT molecular complexity index is 1260. The number of carbonyl (C=O) groups excluding carboxylic acids is 1. The number of aromatic nitrogens is 1. The summed E-state index contributed by atoms with van der Waals surface area (Å²) < 4.78 is 50.3. The number of benzene rings is 2. The molecule has 3 aromatic rings. The Morgan fingerprint density at radius 2 is 1.85 bits per heavy atom. The van der Waals surface area contributed by atoms with Crippen LogP contribution >= 0.6 is 0 Å². The molecule has 172 valence electrons. The fourth-order valence-corrected chi connectivity index (χ4v) is 3.54. The second-order valence-corrected chi connectivity index (χ2v) is 9.72. The van der Waals surface area contributed by atoms with Crippen LogP contribution in [0.1, 0.15) is 28.8 Å². The van der Waals surface area contributed by atoms with Crippen LogP contribution in [0.3, 0.4) is 0 Å². The Morgan fingerprint density at radius 3 is 2.52 bits per heavy atom. The molecule has 1 aliphatic rings. The van der Waals surface area contributed by atoms with Gasteiger partial charge < -0.3 is 9.47 Å². The monoisotopic (exact) mass is 470 g/mol. The van der Waals surface area contributed by atoms with Gasteiger partial charge in [-0.3, -0.25) is 4.79 Å². The maximum absolute atomic E-state index is 14.6. The minimum Gasteiger partial charge on any atom is -0.492 e. The topological polar surface area (TPSA) is 94.6 Å². The van der Waals surface area contributed by atoms with Crippen LogP contribution in [0.25, 0.3) is 11.3 Å². The van der Waals surface area contributed by atoms with Gasteiger partial charge in [0.25, 0.3) is 5.91 Å². The van der Waals surface area contributed by atoms with E-state index < -0.39 is 21.7 Å². The van der Waals surface area contributed by atoms with E-state index in [0.717, 1.165) is 24.7 Å². The molecule has 1 fully saturated rings. The number of hydrogen-bond donors (Lipinski definition) is 1. The normalized spacial score (nSPS) is 13.4. The number of nitrogens with one attached hydrogen (secondary N) is 1. The van der Waals surface area contributed by atoms with Crippen molar-refractivity contribution in [1.82, 2.24) is 9.71 Å². The first-order chi connectivity index (χ1) is 15.8. The largest absolute Gasteiger partial charge is 0.492 e. The average Bonchev–Trinajstić information content (AvgIpc) is 3.60. The molecule has 1 amide bonds. The molecule has 0 radical (unpaired) electrons. The molecule has 0 bridgehead atoms. The average molecular weight is 471 g/mol. The molecule has 4 rings (SSSR count). The van der Waals surface area contributed by atoms with Crippen LogP contribution in [0.2, 0.25) is 0 Å². The van der Waals surface area contributed by atoms with E-state index in [0.29, 0.717) is 29.6 Å². The van der Waals surface area contributed by atoms with Gasteiger partial charge in [-0.1, -0.05) is 24.3 Å². The molecule has 9 heteroatoms. The highest BCUT2D eigenvalue weighted by Gasteiger charge is 2.22. The number of hydrogen-bond acceptors (Lipinski definition) is 6. The zero-order chi connectivity index (χ0) is 23.4. The predicted octanol–water partition coefficient (Wildman–Crippen LogP) is 3.94. The molecular weight excluding hydrogens is 447 g/mol. The Balaban J connectivity index is 1.38. The molecular formula is C24H23FN2O5S. The van der Waals surface area contributed by atoms with Crippen LogP contribution in [0.5, 0.6) is 11.5 Å². The number of sulfonamides is 1. The summed E-state index contributed by atoms with van der Waals surface area (Å²) in [4.78, 5) is 16.1. The summed E-state index contributed by atoms with van der Waals surface area (Å²) in [5, 5.41) is 0. The lowest BCUT2D eigenvalue weighted by atomic mass is 10.1. The van der Waals surface area contributed by atoms with Crippen LogP contribution in [-0.4, -0.2) is 32.2 Å². The third kappa shape index (κ3) is 6.52. The number of nitrogens with zero attached hydrogens (tertiary/aromatic N) is 1. The van der Waals surface area contributed by atoms with E-state index in [4.69, 9.17) is 9.47 Å². The molecule has 0 saturated heterocycles. The molecule has 7 nitrogen and oxygen atoms in total. The zero-order valence-electron chi connectivity index (χ0n) is 18.0. The van der Waals surface area contributed by atoms with Gasteiger partial charge in [0.15, 0.2) is 5.82 Å². The molecule has 1 heterocycles. The Labute approximate surface area is 191 Å². The lowest BCUT2D eigenvalue weighted by Crippen LogP contribution is -2.29. The third-order valence-electron chi connectivity index (χ3n) is 5.01. The van der Waals surface area contributed by atoms with E-state index in [9.17, 15) is 17.6 Å². The number of halogens is 1. The highest BCUT2D eigenvalue weighted by molar-refractivity contribution is 7.89. The van der Waals surface area contributed by atoms with Crippen LogP contribution in [-0.2, 0) is 16.6 Å². The van der Waals surface area contributed by atoms with Gasteiger partial charge in [0.2, 0.25) is 10.0 Å². The quantitative estimate of drug-likeness (QED) is 0.509. The lowest BCUT2D eigenvalue weighted by molar-refractivity contribution is 0.0981. The van der Waals surface area contributed by atoms with Crippen molar-refractivity contribution in [3.63, 3.8) is 0 Å². The van der Waals surface area contributed by atoms with E-state index in [-0.39, 0.29) is 17.9 Å². The fourth-order valence-electron chi connectivity index (χ4n) is 3.09. The van der Waals surface area contributed by atoms with Crippen molar-refractivity contribution < 1.29 is 27.1 Å². The number of carbonyl (C=O) groups is 1. The van der Waals surface area contributed by atoms with Crippen molar-refractivity contribution in [2.45, 2.75) is 19.4 Å². The van der Waals surface area contributed by atoms with E-state index in [1.807, 2.05) is 4.72 Å². The van der Waals surface area contributed by atoms with Gasteiger partial charge in [0.05, 0.1) is 19.1 Å². The fraction of sp³-hybridized carbons (Fsp3) is 0.250. The summed E-state index contributed by atoms with van der Waals surface area (Å²) in [5.41, 5.74) is 1.78. The van der Waals surface area contributed by atoms with Crippen molar-refractivity contribution in [3.8, 4) is 22.8 Å². The maximum atomic E-state index is 14.6. The summed E-state index contributed by atoms with van der Waals surface area (Å²) in [5.74, 6) is 0.354. The van der Waals surface area contributed by atoms with Gasteiger partial charge in [-0.05, 0) is 48.6 Å². The van der Waals surface area contributed by atoms with E-state index in [1.54, 1.807) is 36.4 Å². The second kappa shape index (κ2) is 9.58. The molecule has 1 aliphatic carbocycles.